The van der Waals surface area contributed by atoms with Gasteiger partial charge < -0.3 is 10.1 Å². The second kappa shape index (κ2) is 7.44. The molecule has 0 spiro atoms. The number of ether oxygens (including phenoxy) is 1. The molecule has 1 N–H and O–H groups in total. The summed E-state index contributed by atoms with van der Waals surface area (Å²) < 4.78 is 5.36. The highest BCUT2D eigenvalue weighted by Gasteiger charge is 2.14. The zero-order valence-corrected chi connectivity index (χ0v) is 12.2. The quantitative estimate of drug-likeness (QED) is 0.808. The monoisotopic (exact) mass is 251 g/mol. The maximum atomic E-state index is 5.36. The Kier molecular flexibility index (Phi) is 6.22. The van der Waals surface area contributed by atoms with Crippen molar-refractivity contribution in [2.24, 2.45) is 0 Å². The van der Waals surface area contributed by atoms with E-state index in [1.165, 1.54) is 5.56 Å². The molecule has 18 heavy (non-hydrogen) atoms. The number of likely N-dealkylation sites (N-methyl/N-ethyl adjacent to an activating group) is 1. The van der Waals surface area contributed by atoms with Gasteiger partial charge in [0.2, 0.25) is 0 Å². The first-order valence-corrected chi connectivity index (χ1v) is 6.72. The third-order valence-electron chi connectivity index (χ3n) is 3.00. The molecule has 4 heteroatoms. The number of nitrogens with one attached hydrogen (secondary N) is 1. The Bertz CT molecular complexity index is 356. The molecule has 0 saturated heterocycles. The highest BCUT2D eigenvalue weighted by Crippen LogP contribution is 2.20. The molecule has 0 fully saturated rings. The number of nitrogens with zero attached hydrogens (tertiary/aromatic N) is 2. The van der Waals surface area contributed by atoms with E-state index in [-0.39, 0.29) is 0 Å². The fraction of sp³-hybridized carbons (Fsp3) is 0.714. The van der Waals surface area contributed by atoms with E-state index >= 15 is 0 Å². The minimum absolute atomic E-state index is 0.436. The van der Waals surface area contributed by atoms with Crippen molar-refractivity contribution in [3.8, 4) is 0 Å². The fourth-order valence-electron chi connectivity index (χ4n) is 2.23. The molecule has 4 nitrogen and oxygen atoms in total. The predicted molar refractivity (Wildman–Crippen MR) is 73.8 cm³/mol. The van der Waals surface area contributed by atoms with Crippen LogP contribution < -0.4 is 5.32 Å². The maximum absolute atomic E-state index is 5.36. The molecule has 0 aromatic carbocycles. The van der Waals surface area contributed by atoms with Crippen molar-refractivity contribution in [3.63, 3.8) is 0 Å². The molecule has 0 aliphatic heterocycles. The van der Waals surface area contributed by atoms with Gasteiger partial charge in [0, 0.05) is 24.5 Å². The van der Waals surface area contributed by atoms with Gasteiger partial charge in [0.25, 0.3) is 0 Å². The van der Waals surface area contributed by atoms with Crippen LogP contribution in [0.1, 0.15) is 49.5 Å². The van der Waals surface area contributed by atoms with E-state index in [1.807, 2.05) is 6.92 Å². The van der Waals surface area contributed by atoms with Crippen LogP contribution in [0.2, 0.25) is 0 Å². The van der Waals surface area contributed by atoms with Crippen molar-refractivity contribution in [1.82, 2.24) is 15.3 Å². The van der Waals surface area contributed by atoms with Crippen LogP contribution in [0.3, 0.4) is 0 Å². The smallest absolute Gasteiger partial charge is 0.154 e. The standard InChI is InChI=1S/C14H25N3O/c1-6-15-8-10(3)14-11(4)16-13(9-18-7-2)17-12(14)5/h10,15H,6-9H2,1-5H3. The van der Waals surface area contributed by atoms with Crippen molar-refractivity contribution >= 4 is 0 Å². The summed E-state index contributed by atoms with van der Waals surface area (Å²) >= 11 is 0. The summed E-state index contributed by atoms with van der Waals surface area (Å²) in [6.45, 7) is 13.6. The number of aromatic nitrogens is 2. The van der Waals surface area contributed by atoms with Crippen LogP contribution in [0.25, 0.3) is 0 Å². The molecule has 1 atom stereocenters. The Morgan fingerprint density at radius 2 is 1.78 bits per heavy atom. The molecule has 0 bridgehead atoms. The van der Waals surface area contributed by atoms with Crippen molar-refractivity contribution in [2.45, 2.75) is 47.1 Å². The summed E-state index contributed by atoms with van der Waals surface area (Å²) in [5.74, 6) is 1.22. The van der Waals surface area contributed by atoms with Crippen LogP contribution in [0.4, 0.5) is 0 Å². The van der Waals surface area contributed by atoms with E-state index in [2.05, 4.69) is 43.0 Å². The second-order valence-corrected chi connectivity index (χ2v) is 4.57. The van der Waals surface area contributed by atoms with Crippen LogP contribution >= 0.6 is 0 Å². The van der Waals surface area contributed by atoms with Gasteiger partial charge in [-0.1, -0.05) is 13.8 Å². The van der Waals surface area contributed by atoms with Crippen molar-refractivity contribution < 1.29 is 4.74 Å². The summed E-state index contributed by atoms with van der Waals surface area (Å²) in [5, 5.41) is 3.37. The van der Waals surface area contributed by atoms with Gasteiger partial charge in [-0.15, -0.1) is 0 Å². The molecule has 1 aromatic rings. The van der Waals surface area contributed by atoms with Crippen LogP contribution in [0.5, 0.6) is 0 Å². The number of aryl methyl sites for hydroxylation is 2. The van der Waals surface area contributed by atoms with Gasteiger partial charge >= 0.3 is 0 Å². The lowest BCUT2D eigenvalue weighted by atomic mass is 9.98. The first-order chi connectivity index (χ1) is 8.60. The molecule has 0 saturated carbocycles. The van der Waals surface area contributed by atoms with E-state index < -0.39 is 0 Å². The predicted octanol–water partition coefficient (Wildman–Crippen LogP) is 2.34. The van der Waals surface area contributed by atoms with Crippen molar-refractivity contribution in [2.75, 3.05) is 19.7 Å². The average Bonchev–Trinajstić information content (AvgIpc) is 2.33. The van der Waals surface area contributed by atoms with E-state index in [4.69, 9.17) is 4.74 Å². The largest absolute Gasteiger partial charge is 0.374 e. The van der Waals surface area contributed by atoms with Gasteiger partial charge in [-0.2, -0.15) is 0 Å². The highest BCUT2D eigenvalue weighted by atomic mass is 16.5. The van der Waals surface area contributed by atoms with E-state index in [0.29, 0.717) is 19.1 Å². The fourth-order valence-corrected chi connectivity index (χ4v) is 2.23. The number of hydrogen-bond acceptors (Lipinski definition) is 4. The van der Waals surface area contributed by atoms with Gasteiger partial charge in [0.1, 0.15) is 6.61 Å². The Morgan fingerprint density at radius 1 is 1.17 bits per heavy atom. The Hall–Kier alpha value is -1.00. The van der Waals surface area contributed by atoms with Crippen molar-refractivity contribution in [3.05, 3.63) is 22.8 Å². The Balaban J connectivity index is 2.86. The average molecular weight is 251 g/mol. The molecule has 1 unspecified atom stereocenters. The molecule has 0 radical (unpaired) electrons. The molecule has 0 aliphatic carbocycles. The van der Waals surface area contributed by atoms with Gasteiger partial charge in [0.15, 0.2) is 5.82 Å². The summed E-state index contributed by atoms with van der Waals surface area (Å²) in [5.41, 5.74) is 3.40. The lowest BCUT2D eigenvalue weighted by Gasteiger charge is -2.17. The van der Waals surface area contributed by atoms with Crippen LogP contribution in [-0.2, 0) is 11.3 Å². The minimum atomic E-state index is 0.436. The lowest BCUT2D eigenvalue weighted by molar-refractivity contribution is 0.128. The summed E-state index contributed by atoms with van der Waals surface area (Å²) in [6, 6.07) is 0. The van der Waals surface area contributed by atoms with Gasteiger partial charge in [-0.3, -0.25) is 0 Å². The van der Waals surface area contributed by atoms with Crippen molar-refractivity contribution in [1.29, 1.82) is 0 Å². The van der Waals surface area contributed by atoms with Gasteiger partial charge in [-0.25, -0.2) is 9.97 Å². The molecule has 0 amide bonds. The molecule has 0 aliphatic rings. The van der Waals surface area contributed by atoms with E-state index in [0.717, 1.165) is 30.3 Å². The van der Waals surface area contributed by atoms with E-state index in [9.17, 15) is 0 Å². The normalized spacial score (nSPS) is 12.7. The van der Waals surface area contributed by atoms with Gasteiger partial charge in [0.05, 0.1) is 0 Å². The molecular weight excluding hydrogens is 226 g/mol. The third kappa shape index (κ3) is 4.03. The lowest BCUT2D eigenvalue weighted by Crippen LogP contribution is -2.21. The van der Waals surface area contributed by atoms with E-state index in [1.54, 1.807) is 0 Å². The minimum Gasteiger partial charge on any atom is -0.374 e. The number of rotatable bonds is 7. The molecular formula is C14H25N3O. The first kappa shape index (κ1) is 15.1. The summed E-state index contributed by atoms with van der Waals surface area (Å²) in [4.78, 5) is 9.07. The van der Waals surface area contributed by atoms with Crippen LogP contribution in [-0.4, -0.2) is 29.7 Å². The van der Waals surface area contributed by atoms with Crippen LogP contribution in [0, 0.1) is 13.8 Å². The molecule has 1 rings (SSSR count). The SMILES string of the molecule is CCNCC(C)c1c(C)nc(COCC)nc1C. The first-order valence-electron chi connectivity index (χ1n) is 6.72. The zero-order valence-electron chi connectivity index (χ0n) is 12.2. The van der Waals surface area contributed by atoms with Crippen LogP contribution in [0.15, 0.2) is 0 Å². The summed E-state index contributed by atoms with van der Waals surface area (Å²) in [7, 11) is 0. The Morgan fingerprint density at radius 3 is 2.28 bits per heavy atom. The number of hydrogen-bond donors (Lipinski definition) is 1. The molecule has 1 aromatic heterocycles. The highest BCUT2D eigenvalue weighted by molar-refractivity contribution is 5.28. The molecule has 1 heterocycles. The topological polar surface area (TPSA) is 47.0 Å². The summed E-state index contributed by atoms with van der Waals surface area (Å²) in [6.07, 6.45) is 0. The maximum Gasteiger partial charge on any atom is 0.154 e. The zero-order chi connectivity index (χ0) is 13.5. The second-order valence-electron chi connectivity index (χ2n) is 4.57. The molecule has 102 valence electrons. The Labute approximate surface area is 110 Å². The van der Waals surface area contributed by atoms with Gasteiger partial charge in [-0.05, 0) is 38.8 Å². The third-order valence-corrected chi connectivity index (χ3v) is 3.00.